The van der Waals surface area contributed by atoms with Gasteiger partial charge in [-0.15, -0.1) is 0 Å². The Balaban J connectivity index is 1.23. The van der Waals surface area contributed by atoms with Gasteiger partial charge >= 0.3 is 0 Å². The summed E-state index contributed by atoms with van der Waals surface area (Å²) in [5, 5.41) is 2.63. The first-order valence-corrected chi connectivity index (χ1v) is 14.6. The second kappa shape index (κ2) is 11.6. The van der Waals surface area contributed by atoms with Crippen LogP contribution in [0, 0.1) is 18.8 Å². The Hall–Kier alpha value is -2.91. The predicted octanol–water partition coefficient (Wildman–Crippen LogP) is 3.78. The fraction of sp³-hybridized carbons (Fsp3) is 0.500. The number of hydrogen-bond donors (Lipinski definition) is 2. The van der Waals surface area contributed by atoms with Gasteiger partial charge in [-0.2, -0.15) is 0 Å². The molecule has 1 atom stereocenters. The van der Waals surface area contributed by atoms with Crippen LogP contribution in [0.2, 0.25) is 0 Å². The summed E-state index contributed by atoms with van der Waals surface area (Å²) in [5.74, 6) is 0.275. The van der Waals surface area contributed by atoms with Crippen molar-refractivity contribution in [1.82, 2.24) is 9.62 Å². The van der Waals surface area contributed by atoms with Crippen LogP contribution >= 0.6 is 0 Å². The third-order valence-corrected chi connectivity index (χ3v) is 8.95. The molecule has 2 fully saturated rings. The van der Waals surface area contributed by atoms with E-state index in [1.807, 2.05) is 4.90 Å². The summed E-state index contributed by atoms with van der Waals surface area (Å²) in [4.78, 5) is 29.0. The molecule has 200 valence electrons. The standard InChI is InChI=1S/C28H38N4O4S/c1-20-5-4-6-26(17-20)32-16-15-31(19-21(32)2)28(34)24-9-7-23(8-10-24)18-29-37(35,36)27-13-11-25(12-14-27)30-22(3)33/h4-6,11-14,17,21,23-24,29H,7-10,15-16,18-19H2,1-3H3,(H,30,33). The van der Waals surface area contributed by atoms with Gasteiger partial charge in [-0.1, -0.05) is 12.1 Å². The van der Waals surface area contributed by atoms with Crippen molar-refractivity contribution in [2.24, 2.45) is 11.8 Å². The minimum absolute atomic E-state index is 0.0203. The lowest BCUT2D eigenvalue weighted by atomic mass is 9.81. The Bertz CT molecular complexity index is 1210. The molecule has 1 saturated carbocycles. The lowest BCUT2D eigenvalue weighted by Crippen LogP contribution is -2.55. The summed E-state index contributed by atoms with van der Waals surface area (Å²) >= 11 is 0. The normalized spacial score (nSPS) is 22.5. The molecule has 1 heterocycles. The Morgan fingerprint density at radius 1 is 1.00 bits per heavy atom. The zero-order chi connectivity index (χ0) is 26.6. The lowest BCUT2D eigenvalue weighted by Gasteiger charge is -2.43. The summed E-state index contributed by atoms with van der Waals surface area (Å²) in [7, 11) is -3.63. The van der Waals surface area contributed by atoms with Gasteiger partial charge in [0.1, 0.15) is 0 Å². The molecule has 1 aliphatic carbocycles. The highest BCUT2D eigenvalue weighted by molar-refractivity contribution is 7.89. The minimum Gasteiger partial charge on any atom is -0.365 e. The summed E-state index contributed by atoms with van der Waals surface area (Å²) in [5.41, 5.74) is 3.01. The van der Waals surface area contributed by atoms with Gasteiger partial charge in [0, 0.05) is 56.4 Å². The van der Waals surface area contributed by atoms with Crippen LogP contribution in [0.5, 0.6) is 0 Å². The molecule has 2 aliphatic rings. The van der Waals surface area contributed by atoms with E-state index >= 15 is 0 Å². The zero-order valence-electron chi connectivity index (χ0n) is 21.9. The van der Waals surface area contributed by atoms with Gasteiger partial charge in [-0.05, 0) is 87.4 Å². The fourth-order valence-electron chi connectivity index (χ4n) is 5.45. The van der Waals surface area contributed by atoms with Gasteiger partial charge in [-0.3, -0.25) is 9.59 Å². The Morgan fingerprint density at radius 3 is 2.32 bits per heavy atom. The average molecular weight is 527 g/mol. The molecule has 4 rings (SSSR count). The highest BCUT2D eigenvalue weighted by Gasteiger charge is 2.33. The first-order valence-electron chi connectivity index (χ1n) is 13.1. The van der Waals surface area contributed by atoms with Gasteiger partial charge in [0.2, 0.25) is 21.8 Å². The number of nitrogens with zero attached hydrogens (tertiary/aromatic N) is 2. The lowest BCUT2D eigenvalue weighted by molar-refractivity contribution is -0.137. The summed E-state index contributed by atoms with van der Waals surface area (Å²) in [6.07, 6.45) is 3.25. The van der Waals surface area contributed by atoms with Gasteiger partial charge in [0.15, 0.2) is 0 Å². The van der Waals surface area contributed by atoms with Crippen molar-refractivity contribution in [2.45, 2.75) is 57.4 Å². The number of hydrogen-bond acceptors (Lipinski definition) is 5. The van der Waals surface area contributed by atoms with E-state index in [1.165, 1.54) is 30.3 Å². The van der Waals surface area contributed by atoms with E-state index in [4.69, 9.17) is 0 Å². The van der Waals surface area contributed by atoms with E-state index in [0.29, 0.717) is 12.2 Å². The van der Waals surface area contributed by atoms with Gasteiger partial charge in [0.05, 0.1) is 4.90 Å². The van der Waals surface area contributed by atoms with E-state index in [9.17, 15) is 18.0 Å². The molecule has 1 saturated heterocycles. The van der Waals surface area contributed by atoms with E-state index in [2.05, 4.69) is 53.1 Å². The van der Waals surface area contributed by atoms with Crippen LogP contribution in [0.25, 0.3) is 0 Å². The van der Waals surface area contributed by atoms with E-state index in [-0.39, 0.29) is 34.6 Å². The summed E-state index contributed by atoms with van der Waals surface area (Å²) in [6.45, 7) is 8.34. The van der Waals surface area contributed by atoms with Crippen LogP contribution in [-0.2, 0) is 19.6 Å². The molecule has 9 heteroatoms. The van der Waals surface area contributed by atoms with Gasteiger partial charge in [-0.25, -0.2) is 13.1 Å². The van der Waals surface area contributed by atoms with Crippen molar-refractivity contribution in [3.05, 3.63) is 54.1 Å². The quantitative estimate of drug-likeness (QED) is 0.572. The number of aryl methyl sites for hydroxylation is 1. The van der Waals surface area contributed by atoms with Crippen molar-refractivity contribution in [3.8, 4) is 0 Å². The molecule has 8 nitrogen and oxygen atoms in total. The number of nitrogens with one attached hydrogen (secondary N) is 2. The van der Waals surface area contributed by atoms with Crippen LogP contribution in [0.15, 0.2) is 53.4 Å². The average Bonchev–Trinajstić information content (AvgIpc) is 2.87. The third-order valence-electron chi connectivity index (χ3n) is 7.52. The van der Waals surface area contributed by atoms with Crippen LogP contribution in [0.4, 0.5) is 11.4 Å². The van der Waals surface area contributed by atoms with E-state index in [1.54, 1.807) is 12.1 Å². The molecule has 0 spiro atoms. The molecular formula is C28H38N4O4S. The molecule has 1 unspecified atom stereocenters. The maximum absolute atomic E-state index is 13.3. The number of piperazine rings is 1. The summed E-state index contributed by atoms with van der Waals surface area (Å²) in [6, 6.07) is 14.9. The highest BCUT2D eigenvalue weighted by atomic mass is 32.2. The second-order valence-corrected chi connectivity index (χ2v) is 12.2. The van der Waals surface area contributed by atoms with Crippen LogP contribution < -0.4 is 14.9 Å². The number of sulfonamides is 1. The maximum atomic E-state index is 13.3. The summed E-state index contributed by atoms with van der Waals surface area (Å²) < 4.78 is 28.1. The van der Waals surface area contributed by atoms with Crippen molar-refractivity contribution in [3.63, 3.8) is 0 Å². The van der Waals surface area contributed by atoms with Crippen LogP contribution in [0.3, 0.4) is 0 Å². The number of rotatable bonds is 7. The zero-order valence-corrected chi connectivity index (χ0v) is 22.8. The van der Waals surface area contributed by atoms with Gasteiger partial charge in [0.25, 0.3) is 0 Å². The number of carbonyl (C=O) groups is 2. The SMILES string of the molecule is CC(=O)Nc1ccc(S(=O)(=O)NCC2CCC(C(=O)N3CCN(c4cccc(C)c4)C(C)C3)CC2)cc1. The van der Waals surface area contributed by atoms with Crippen molar-refractivity contribution < 1.29 is 18.0 Å². The van der Waals surface area contributed by atoms with Crippen molar-refractivity contribution in [2.75, 3.05) is 36.4 Å². The first-order chi connectivity index (χ1) is 17.6. The molecule has 2 N–H and O–H groups in total. The number of carbonyl (C=O) groups excluding carboxylic acids is 2. The smallest absolute Gasteiger partial charge is 0.240 e. The van der Waals surface area contributed by atoms with Crippen LogP contribution in [-0.4, -0.2) is 57.4 Å². The fourth-order valence-corrected chi connectivity index (χ4v) is 6.57. The number of benzene rings is 2. The molecule has 0 bridgehead atoms. The first kappa shape index (κ1) is 27.1. The molecule has 2 amide bonds. The molecule has 1 aliphatic heterocycles. The molecule has 37 heavy (non-hydrogen) atoms. The topological polar surface area (TPSA) is 98.8 Å². The third kappa shape index (κ3) is 6.90. The van der Waals surface area contributed by atoms with E-state index < -0.39 is 10.0 Å². The second-order valence-electron chi connectivity index (χ2n) is 10.4. The highest BCUT2D eigenvalue weighted by Crippen LogP contribution is 2.31. The number of anilines is 2. The molecule has 2 aromatic rings. The van der Waals surface area contributed by atoms with Crippen molar-refractivity contribution >= 4 is 33.2 Å². The maximum Gasteiger partial charge on any atom is 0.240 e. The molecular weight excluding hydrogens is 488 g/mol. The molecule has 2 aromatic carbocycles. The van der Waals surface area contributed by atoms with Gasteiger partial charge < -0.3 is 15.1 Å². The minimum atomic E-state index is -3.63. The Labute approximate surface area is 220 Å². The predicted molar refractivity (Wildman–Crippen MR) is 146 cm³/mol. The van der Waals surface area contributed by atoms with E-state index in [0.717, 1.165) is 45.3 Å². The number of amides is 2. The monoisotopic (exact) mass is 526 g/mol. The molecule has 0 radical (unpaired) electrons. The molecule has 0 aromatic heterocycles. The van der Waals surface area contributed by atoms with Crippen molar-refractivity contribution in [1.29, 1.82) is 0 Å². The Kier molecular flexibility index (Phi) is 8.54. The van der Waals surface area contributed by atoms with Crippen LogP contribution in [0.1, 0.15) is 45.1 Å². The Morgan fingerprint density at radius 2 is 1.70 bits per heavy atom. The largest absolute Gasteiger partial charge is 0.365 e.